The van der Waals surface area contributed by atoms with Crippen molar-refractivity contribution in [3.63, 3.8) is 0 Å². The predicted molar refractivity (Wildman–Crippen MR) is 96.1 cm³/mol. The van der Waals surface area contributed by atoms with Gasteiger partial charge in [-0.15, -0.1) is 0 Å². The first-order valence-electron chi connectivity index (χ1n) is 7.96. The van der Waals surface area contributed by atoms with Gasteiger partial charge >= 0.3 is 5.97 Å². The summed E-state index contributed by atoms with van der Waals surface area (Å²) in [4.78, 5) is 23.7. The molecule has 0 radical (unpaired) electrons. The van der Waals surface area contributed by atoms with Gasteiger partial charge < -0.3 is 15.2 Å². The highest BCUT2D eigenvalue weighted by atomic mass is 35.5. The summed E-state index contributed by atoms with van der Waals surface area (Å²) in [6.45, 7) is 3.27. The number of carbonyl (C=O) groups excluding carboxylic acids is 1. The Morgan fingerprint density at radius 2 is 1.88 bits per heavy atom. The lowest BCUT2D eigenvalue weighted by Crippen LogP contribution is -2.39. The Morgan fingerprint density at radius 3 is 2.50 bits per heavy atom. The number of carboxylic acid groups (broad SMARTS) is 1. The maximum Gasteiger partial charge on any atom is 0.312 e. The highest BCUT2D eigenvalue weighted by molar-refractivity contribution is 6.32. The molecule has 0 heterocycles. The second kappa shape index (κ2) is 8.67. The molecule has 0 aromatic heterocycles. The summed E-state index contributed by atoms with van der Waals surface area (Å²) in [6, 6.07) is 10.3. The molecule has 138 valence electrons. The summed E-state index contributed by atoms with van der Waals surface area (Å²) in [5.74, 6) is -2.67. The van der Waals surface area contributed by atoms with Gasteiger partial charge in [0.25, 0.3) is 5.91 Å². The van der Waals surface area contributed by atoms with E-state index in [1.54, 1.807) is 19.1 Å². The van der Waals surface area contributed by atoms with Crippen LogP contribution in [0.25, 0.3) is 0 Å². The molecule has 2 N–H and O–H groups in total. The molecule has 7 heteroatoms. The van der Waals surface area contributed by atoms with Crippen LogP contribution in [0.5, 0.6) is 5.75 Å². The number of aliphatic carboxylic acids is 1. The topological polar surface area (TPSA) is 75.6 Å². The Balaban J connectivity index is 2.00. The van der Waals surface area contributed by atoms with Gasteiger partial charge in [0.2, 0.25) is 0 Å². The minimum Gasteiger partial charge on any atom is -0.481 e. The van der Waals surface area contributed by atoms with Crippen LogP contribution in [0.2, 0.25) is 5.02 Å². The minimum atomic E-state index is -1.12. The van der Waals surface area contributed by atoms with Gasteiger partial charge in [0, 0.05) is 6.54 Å². The van der Waals surface area contributed by atoms with Crippen LogP contribution in [0.4, 0.5) is 4.39 Å². The van der Waals surface area contributed by atoms with Crippen molar-refractivity contribution in [2.45, 2.75) is 25.9 Å². The average molecular weight is 380 g/mol. The molecule has 0 saturated heterocycles. The van der Waals surface area contributed by atoms with E-state index >= 15 is 0 Å². The van der Waals surface area contributed by atoms with Gasteiger partial charge in [-0.2, -0.15) is 0 Å². The maximum absolute atomic E-state index is 13.0. The lowest BCUT2D eigenvalue weighted by Gasteiger charge is -2.18. The Kier molecular flexibility index (Phi) is 6.58. The van der Waals surface area contributed by atoms with Crippen LogP contribution in [-0.2, 0) is 9.59 Å². The molecule has 1 amide bonds. The summed E-state index contributed by atoms with van der Waals surface area (Å²) in [6.07, 6.45) is -0.864. The Hall–Kier alpha value is -2.60. The van der Waals surface area contributed by atoms with Crippen LogP contribution in [-0.4, -0.2) is 29.6 Å². The number of hydrogen-bond donors (Lipinski definition) is 2. The first-order chi connectivity index (χ1) is 12.3. The van der Waals surface area contributed by atoms with Crippen LogP contribution in [0.1, 0.15) is 24.0 Å². The Labute approximate surface area is 155 Å². The number of ether oxygens (including phenoxy) is 1. The van der Waals surface area contributed by atoms with Gasteiger partial charge in [0.1, 0.15) is 11.6 Å². The van der Waals surface area contributed by atoms with Gasteiger partial charge in [-0.05, 0) is 49.2 Å². The molecule has 0 aliphatic rings. The molecule has 5 nitrogen and oxygen atoms in total. The van der Waals surface area contributed by atoms with E-state index in [9.17, 15) is 19.1 Å². The zero-order valence-electron chi connectivity index (χ0n) is 14.3. The zero-order chi connectivity index (χ0) is 19.3. The predicted octanol–water partition coefficient (Wildman–Crippen LogP) is 3.54. The molecule has 2 aromatic carbocycles. The fraction of sp³-hybridized carbons (Fsp3) is 0.263. The average Bonchev–Trinajstić information content (AvgIpc) is 2.59. The second-order valence-corrected chi connectivity index (χ2v) is 6.29. The monoisotopic (exact) mass is 379 g/mol. The lowest BCUT2D eigenvalue weighted by atomic mass is 9.99. The second-order valence-electron chi connectivity index (χ2n) is 5.88. The highest BCUT2D eigenvalue weighted by Gasteiger charge is 2.23. The van der Waals surface area contributed by atoms with Crippen LogP contribution in [0, 0.1) is 12.7 Å². The Bertz CT molecular complexity index is 795. The lowest BCUT2D eigenvalue weighted by molar-refractivity contribution is -0.138. The van der Waals surface area contributed by atoms with E-state index < -0.39 is 29.7 Å². The molecule has 2 atom stereocenters. The minimum absolute atomic E-state index is 0.144. The third kappa shape index (κ3) is 5.20. The van der Waals surface area contributed by atoms with Crippen LogP contribution < -0.4 is 10.1 Å². The smallest absolute Gasteiger partial charge is 0.312 e. The van der Waals surface area contributed by atoms with E-state index in [1.807, 2.05) is 13.0 Å². The molecule has 0 bridgehead atoms. The van der Waals surface area contributed by atoms with E-state index in [1.165, 1.54) is 24.3 Å². The standard InChI is InChI=1S/C19H19ClFNO4/c1-11-3-8-16(20)17(9-11)26-12(2)18(23)22-10-15(19(24)25)13-4-6-14(21)7-5-13/h3-9,12,15H,10H2,1-2H3,(H,22,23)(H,24,25). The van der Waals surface area contributed by atoms with Crippen molar-refractivity contribution >= 4 is 23.5 Å². The van der Waals surface area contributed by atoms with Crippen molar-refractivity contribution in [2.24, 2.45) is 0 Å². The highest BCUT2D eigenvalue weighted by Crippen LogP contribution is 2.26. The number of hydrogen-bond acceptors (Lipinski definition) is 3. The fourth-order valence-corrected chi connectivity index (χ4v) is 2.50. The van der Waals surface area contributed by atoms with Gasteiger partial charge in [0.15, 0.2) is 6.10 Å². The summed E-state index contributed by atoms with van der Waals surface area (Å²) in [7, 11) is 0. The van der Waals surface area contributed by atoms with Crippen molar-refractivity contribution in [3.8, 4) is 5.75 Å². The van der Waals surface area contributed by atoms with E-state index in [0.717, 1.165) is 5.56 Å². The van der Waals surface area contributed by atoms with Crippen LogP contribution in [0.15, 0.2) is 42.5 Å². The maximum atomic E-state index is 13.0. The van der Waals surface area contributed by atoms with Gasteiger partial charge in [-0.25, -0.2) is 4.39 Å². The number of carbonyl (C=O) groups is 2. The van der Waals surface area contributed by atoms with Crippen LogP contribution >= 0.6 is 11.6 Å². The van der Waals surface area contributed by atoms with Gasteiger partial charge in [0.05, 0.1) is 10.9 Å². The SMILES string of the molecule is Cc1ccc(Cl)c(OC(C)C(=O)NCC(C(=O)O)c2ccc(F)cc2)c1. The molecule has 0 saturated carbocycles. The molecule has 0 spiro atoms. The molecule has 0 aliphatic heterocycles. The first kappa shape index (κ1) is 19.7. The van der Waals surface area contributed by atoms with E-state index in [2.05, 4.69) is 5.32 Å². The number of aryl methyl sites for hydroxylation is 1. The number of amides is 1. The summed E-state index contributed by atoms with van der Waals surface area (Å²) >= 11 is 6.04. The summed E-state index contributed by atoms with van der Waals surface area (Å²) in [5, 5.41) is 12.3. The largest absolute Gasteiger partial charge is 0.481 e. The van der Waals surface area contributed by atoms with Crippen molar-refractivity contribution < 1.29 is 23.8 Å². The number of halogens is 2. The zero-order valence-corrected chi connectivity index (χ0v) is 15.1. The number of nitrogens with one attached hydrogen (secondary N) is 1. The molecule has 2 unspecified atom stereocenters. The third-order valence-electron chi connectivity index (χ3n) is 3.81. The quantitative estimate of drug-likeness (QED) is 0.771. The fourth-order valence-electron chi connectivity index (χ4n) is 2.33. The van der Waals surface area contributed by atoms with Crippen molar-refractivity contribution in [2.75, 3.05) is 6.54 Å². The van der Waals surface area contributed by atoms with Crippen LogP contribution in [0.3, 0.4) is 0 Å². The number of benzene rings is 2. The number of carboxylic acids is 1. The number of rotatable bonds is 7. The molecule has 2 rings (SSSR count). The third-order valence-corrected chi connectivity index (χ3v) is 4.12. The normalized spacial score (nSPS) is 12.9. The van der Waals surface area contributed by atoms with E-state index in [0.29, 0.717) is 16.3 Å². The van der Waals surface area contributed by atoms with Crippen molar-refractivity contribution in [3.05, 3.63) is 64.4 Å². The van der Waals surface area contributed by atoms with Gasteiger partial charge in [-0.1, -0.05) is 29.8 Å². The molecular weight excluding hydrogens is 361 g/mol. The van der Waals surface area contributed by atoms with Gasteiger partial charge in [-0.3, -0.25) is 9.59 Å². The van der Waals surface area contributed by atoms with Crippen molar-refractivity contribution in [1.82, 2.24) is 5.32 Å². The molecule has 0 aliphatic carbocycles. The van der Waals surface area contributed by atoms with Crippen molar-refractivity contribution in [1.29, 1.82) is 0 Å². The Morgan fingerprint density at radius 1 is 1.23 bits per heavy atom. The molecule has 0 fully saturated rings. The van der Waals surface area contributed by atoms with E-state index in [-0.39, 0.29) is 6.54 Å². The summed E-state index contributed by atoms with van der Waals surface area (Å²) < 4.78 is 18.6. The summed E-state index contributed by atoms with van der Waals surface area (Å²) in [5.41, 5.74) is 1.33. The molecule has 2 aromatic rings. The molecule has 26 heavy (non-hydrogen) atoms. The molecular formula is C19H19ClFNO4. The first-order valence-corrected chi connectivity index (χ1v) is 8.34. The van der Waals surface area contributed by atoms with E-state index in [4.69, 9.17) is 16.3 Å².